The highest BCUT2D eigenvalue weighted by molar-refractivity contribution is 6.30. The average molecular weight is 442 g/mol. The van der Waals surface area contributed by atoms with Gasteiger partial charge in [0.25, 0.3) is 0 Å². The van der Waals surface area contributed by atoms with E-state index in [1.165, 1.54) is 4.57 Å². The molecule has 0 bridgehead atoms. The summed E-state index contributed by atoms with van der Waals surface area (Å²) in [5.74, 6) is -0.473. The van der Waals surface area contributed by atoms with Gasteiger partial charge in [-0.05, 0) is 49.8 Å². The third-order valence-corrected chi connectivity index (χ3v) is 7.19. The summed E-state index contributed by atoms with van der Waals surface area (Å²) in [6.45, 7) is 2.80. The summed E-state index contributed by atoms with van der Waals surface area (Å²) in [5.41, 5.74) is 7.24. The van der Waals surface area contributed by atoms with Gasteiger partial charge < -0.3 is 5.73 Å². The molecule has 9 heteroatoms. The number of nitrogens with two attached hydrogens (primary N) is 1. The van der Waals surface area contributed by atoms with E-state index < -0.39 is 12.0 Å². The van der Waals surface area contributed by atoms with Gasteiger partial charge in [-0.1, -0.05) is 30.7 Å². The average Bonchev–Trinajstić information content (AvgIpc) is 3.16. The molecule has 1 aromatic carbocycles. The first-order valence-corrected chi connectivity index (χ1v) is 10.9. The summed E-state index contributed by atoms with van der Waals surface area (Å²) < 4.78 is 41.3. The molecule has 5 nitrogen and oxygen atoms in total. The van der Waals surface area contributed by atoms with Crippen molar-refractivity contribution >= 4 is 11.6 Å². The van der Waals surface area contributed by atoms with Crippen LogP contribution < -0.4 is 5.73 Å². The maximum absolute atomic E-state index is 13.4. The van der Waals surface area contributed by atoms with Crippen LogP contribution in [-0.2, 0) is 24.7 Å². The summed E-state index contributed by atoms with van der Waals surface area (Å²) in [7, 11) is 0. The zero-order valence-electron chi connectivity index (χ0n) is 17.0. The maximum Gasteiger partial charge on any atom is 0.451 e. The van der Waals surface area contributed by atoms with E-state index in [0.29, 0.717) is 23.8 Å². The Balaban J connectivity index is 1.54. The molecule has 0 radical (unpaired) electrons. The molecule has 0 saturated heterocycles. The smallest absolute Gasteiger partial charge is 0.330 e. The molecule has 1 aliphatic heterocycles. The maximum atomic E-state index is 13.4. The molecule has 1 aromatic heterocycles. The van der Waals surface area contributed by atoms with Crippen LogP contribution in [0.2, 0.25) is 5.02 Å². The van der Waals surface area contributed by atoms with E-state index in [0.717, 1.165) is 37.7 Å². The highest BCUT2D eigenvalue weighted by Crippen LogP contribution is 2.42. The normalized spacial score (nSPS) is 27.8. The second-order valence-electron chi connectivity index (χ2n) is 8.51. The van der Waals surface area contributed by atoms with Crippen molar-refractivity contribution in [1.29, 1.82) is 0 Å². The number of hydrogen-bond acceptors (Lipinski definition) is 4. The van der Waals surface area contributed by atoms with E-state index in [9.17, 15) is 13.2 Å². The highest BCUT2D eigenvalue weighted by Gasteiger charge is 2.44. The number of benzene rings is 1. The molecule has 1 atom stereocenters. The second-order valence-corrected chi connectivity index (χ2v) is 8.95. The molecule has 1 saturated carbocycles. The molecule has 2 aliphatic rings. The highest BCUT2D eigenvalue weighted by atomic mass is 35.5. The molecule has 1 aliphatic carbocycles. The lowest BCUT2D eigenvalue weighted by molar-refractivity contribution is -0.149. The van der Waals surface area contributed by atoms with Gasteiger partial charge >= 0.3 is 6.18 Å². The Kier molecular flexibility index (Phi) is 5.85. The Hall–Kier alpha value is -1.64. The number of halogens is 4. The van der Waals surface area contributed by atoms with E-state index >= 15 is 0 Å². The zero-order chi connectivity index (χ0) is 21.5. The van der Waals surface area contributed by atoms with Gasteiger partial charge in [0.15, 0.2) is 0 Å². The van der Waals surface area contributed by atoms with Crippen LogP contribution in [0.15, 0.2) is 24.3 Å². The fourth-order valence-electron chi connectivity index (χ4n) is 5.16. The number of hydrogen-bond donors (Lipinski definition) is 1. The number of alkyl halides is 3. The minimum Gasteiger partial charge on any atom is -0.330 e. The Labute approximate surface area is 179 Å². The van der Waals surface area contributed by atoms with Crippen LogP contribution in [0, 0.1) is 0 Å². The first kappa shape index (κ1) is 21.6. The Morgan fingerprint density at radius 1 is 1.23 bits per heavy atom. The first-order chi connectivity index (χ1) is 14.3. The summed E-state index contributed by atoms with van der Waals surface area (Å²) >= 11 is 6.20. The SMILES string of the molecule is CCC1Cc2nnc(C(F)(F)F)n2CN1C1CCC(CN)(c2cccc(Cl)c2)CC1. The summed E-state index contributed by atoms with van der Waals surface area (Å²) in [6.07, 6.45) is 0.417. The summed E-state index contributed by atoms with van der Waals surface area (Å²) in [4.78, 5) is 2.23. The lowest BCUT2D eigenvalue weighted by atomic mass is 9.68. The van der Waals surface area contributed by atoms with E-state index in [1.807, 2.05) is 18.2 Å². The Morgan fingerprint density at radius 3 is 2.57 bits per heavy atom. The van der Waals surface area contributed by atoms with Gasteiger partial charge in [-0.2, -0.15) is 13.2 Å². The van der Waals surface area contributed by atoms with Gasteiger partial charge in [-0.3, -0.25) is 9.47 Å². The molecule has 2 N–H and O–H groups in total. The van der Waals surface area contributed by atoms with E-state index in [-0.39, 0.29) is 24.2 Å². The van der Waals surface area contributed by atoms with Gasteiger partial charge in [0, 0.05) is 35.5 Å². The molecule has 4 rings (SSSR count). The molecule has 2 heterocycles. The largest absolute Gasteiger partial charge is 0.451 e. The van der Waals surface area contributed by atoms with Crippen LogP contribution in [0.1, 0.15) is 56.2 Å². The molecule has 1 unspecified atom stereocenters. The first-order valence-electron chi connectivity index (χ1n) is 10.5. The van der Waals surface area contributed by atoms with Gasteiger partial charge in [0.2, 0.25) is 5.82 Å². The van der Waals surface area contributed by atoms with Crippen molar-refractivity contribution in [2.45, 2.75) is 75.8 Å². The number of rotatable bonds is 4. The lowest BCUT2D eigenvalue weighted by Crippen LogP contribution is -2.52. The van der Waals surface area contributed by atoms with E-state index in [1.54, 1.807) is 0 Å². The van der Waals surface area contributed by atoms with Crippen LogP contribution in [0.5, 0.6) is 0 Å². The zero-order valence-corrected chi connectivity index (χ0v) is 17.8. The number of nitrogens with zero attached hydrogens (tertiary/aromatic N) is 4. The molecular weight excluding hydrogens is 415 g/mol. The molecule has 30 heavy (non-hydrogen) atoms. The quantitative estimate of drug-likeness (QED) is 0.764. The fraction of sp³-hybridized carbons (Fsp3) is 0.619. The number of aromatic nitrogens is 3. The molecular formula is C21H27ClF3N5. The van der Waals surface area contributed by atoms with Gasteiger partial charge in [0.1, 0.15) is 5.82 Å². The lowest BCUT2D eigenvalue weighted by Gasteiger charge is -2.47. The third kappa shape index (κ3) is 3.85. The van der Waals surface area contributed by atoms with Crippen molar-refractivity contribution in [3.05, 3.63) is 46.5 Å². The minimum absolute atomic E-state index is 0.127. The van der Waals surface area contributed by atoms with Crippen molar-refractivity contribution < 1.29 is 13.2 Å². The monoisotopic (exact) mass is 441 g/mol. The van der Waals surface area contributed by atoms with Gasteiger partial charge in [-0.15, -0.1) is 10.2 Å². The molecule has 164 valence electrons. The number of fused-ring (bicyclic) bond motifs is 1. The van der Waals surface area contributed by atoms with Crippen molar-refractivity contribution in [3.8, 4) is 0 Å². The fourth-order valence-corrected chi connectivity index (χ4v) is 5.35. The van der Waals surface area contributed by atoms with E-state index in [2.05, 4.69) is 28.1 Å². The van der Waals surface area contributed by atoms with Crippen molar-refractivity contribution in [3.63, 3.8) is 0 Å². The summed E-state index contributed by atoms with van der Waals surface area (Å²) in [6, 6.07) is 8.26. The molecule has 2 aromatic rings. The standard InChI is InChI=1S/C21H27ClF3N5/c1-2-16-11-18-27-28-19(21(23,24)25)30(18)13-29(16)17-6-8-20(12-26,9-7-17)14-4-3-5-15(22)10-14/h3-5,10,16-17H,2,6-9,11-13,26H2,1H3. The predicted molar refractivity (Wildman–Crippen MR) is 109 cm³/mol. The van der Waals surface area contributed by atoms with Crippen LogP contribution in [-0.4, -0.2) is 38.3 Å². The van der Waals surface area contributed by atoms with Crippen LogP contribution in [0.4, 0.5) is 13.2 Å². The molecule has 0 spiro atoms. The Morgan fingerprint density at radius 2 is 1.97 bits per heavy atom. The van der Waals surface area contributed by atoms with Crippen molar-refractivity contribution in [2.24, 2.45) is 5.73 Å². The Bertz CT molecular complexity index is 889. The van der Waals surface area contributed by atoms with Crippen LogP contribution in [0.3, 0.4) is 0 Å². The van der Waals surface area contributed by atoms with Crippen LogP contribution in [0.25, 0.3) is 0 Å². The molecule has 0 amide bonds. The second kappa shape index (κ2) is 8.13. The summed E-state index contributed by atoms with van der Waals surface area (Å²) in [5, 5.41) is 7.95. The van der Waals surface area contributed by atoms with Crippen LogP contribution >= 0.6 is 11.6 Å². The van der Waals surface area contributed by atoms with E-state index in [4.69, 9.17) is 17.3 Å². The molecule has 1 fully saturated rings. The van der Waals surface area contributed by atoms with Gasteiger partial charge in [0.05, 0.1) is 6.67 Å². The third-order valence-electron chi connectivity index (χ3n) is 6.95. The van der Waals surface area contributed by atoms with Crippen molar-refractivity contribution in [2.75, 3.05) is 6.54 Å². The predicted octanol–water partition coefficient (Wildman–Crippen LogP) is 4.38. The van der Waals surface area contributed by atoms with Crippen molar-refractivity contribution in [1.82, 2.24) is 19.7 Å². The minimum atomic E-state index is -4.50. The van der Waals surface area contributed by atoms with Gasteiger partial charge in [-0.25, -0.2) is 0 Å². The topological polar surface area (TPSA) is 60.0 Å².